The zero-order valence-electron chi connectivity index (χ0n) is 6.49. The molecule has 1 heterocycles. The van der Waals surface area contributed by atoms with Gasteiger partial charge in [0.05, 0.1) is 18.8 Å². The maximum atomic E-state index is 10.5. The lowest BCUT2D eigenvalue weighted by Crippen LogP contribution is -2.17. The third-order valence-corrected chi connectivity index (χ3v) is 1.26. The van der Waals surface area contributed by atoms with E-state index in [0.717, 1.165) is 5.69 Å². The van der Waals surface area contributed by atoms with E-state index in [0.29, 0.717) is 13.0 Å². The van der Waals surface area contributed by atoms with Gasteiger partial charge in [-0.2, -0.15) is 0 Å². The summed E-state index contributed by atoms with van der Waals surface area (Å²) in [6.45, 7) is 0.210. The van der Waals surface area contributed by atoms with Gasteiger partial charge in [0.15, 0.2) is 0 Å². The largest absolute Gasteiger partial charge is 0.464 e. The maximum absolute atomic E-state index is 10.5. The zero-order valence-corrected chi connectivity index (χ0v) is 6.49. The van der Waals surface area contributed by atoms with E-state index in [9.17, 15) is 4.79 Å². The Morgan fingerprint density at radius 3 is 3.17 bits per heavy atom. The number of carbonyl (C=O) groups is 1. The van der Waals surface area contributed by atoms with Crippen LogP contribution in [0.2, 0.25) is 0 Å². The molecule has 66 valence electrons. The number of aromatic nitrogens is 3. The second-order valence-electron chi connectivity index (χ2n) is 2.14. The minimum atomic E-state index is -0.404. The molecule has 0 atom stereocenters. The van der Waals surface area contributed by atoms with Crippen molar-refractivity contribution in [3.8, 4) is 0 Å². The molecule has 0 unspecified atom stereocenters. The van der Waals surface area contributed by atoms with Crippen molar-refractivity contribution in [3.63, 3.8) is 0 Å². The predicted octanol–water partition coefficient (Wildman–Crippen LogP) is -1.15. The fourth-order valence-electron chi connectivity index (χ4n) is 0.676. The molecule has 0 radical (unpaired) electrons. The first-order valence-corrected chi connectivity index (χ1v) is 3.54. The van der Waals surface area contributed by atoms with E-state index in [2.05, 4.69) is 15.4 Å². The third-order valence-electron chi connectivity index (χ3n) is 1.26. The van der Waals surface area contributed by atoms with Gasteiger partial charge < -0.3 is 10.5 Å². The van der Waals surface area contributed by atoms with Crippen LogP contribution in [0.3, 0.4) is 0 Å². The molecule has 0 aliphatic rings. The van der Waals surface area contributed by atoms with Gasteiger partial charge in [0.2, 0.25) is 0 Å². The molecule has 6 heteroatoms. The number of carbonyl (C=O) groups excluding carboxylic acids is 1. The molecule has 3 N–H and O–H groups in total. The lowest BCUT2D eigenvalue weighted by molar-refractivity contribution is -0.141. The van der Waals surface area contributed by atoms with E-state index in [-0.39, 0.29) is 6.54 Å². The van der Waals surface area contributed by atoms with Gasteiger partial charge in [-0.1, -0.05) is 5.21 Å². The molecule has 6 nitrogen and oxygen atoms in total. The fraction of sp³-hybridized carbons (Fsp3) is 0.500. The molecule has 1 aromatic rings. The predicted molar refractivity (Wildman–Crippen MR) is 40.1 cm³/mol. The number of nitrogens with zero attached hydrogens (tertiary/aromatic N) is 2. The highest BCUT2D eigenvalue weighted by atomic mass is 16.5. The molecule has 12 heavy (non-hydrogen) atoms. The second-order valence-corrected chi connectivity index (χ2v) is 2.14. The van der Waals surface area contributed by atoms with Gasteiger partial charge >= 0.3 is 5.97 Å². The van der Waals surface area contributed by atoms with Crippen molar-refractivity contribution in [2.24, 2.45) is 5.73 Å². The highest BCUT2D eigenvalue weighted by Gasteiger charge is 1.99. The lowest BCUT2D eigenvalue weighted by atomic mass is 10.3. The topological polar surface area (TPSA) is 93.9 Å². The summed E-state index contributed by atoms with van der Waals surface area (Å²) in [6.07, 6.45) is 2.21. The standard InChI is InChI=1S/C6H10N4O2/c7-3-6(11)12-2-1-5-4-8-10-9-5/h4H,1-3,7H2,(H,8,9,10). The van der Waals surface area contributed by atoms with Crippen molar-refractivity contribution >= 4 is 5.97 Å². The zero-order chi connectivity index (χ0) is 8.81. The van der Waals surface area contributed by atoms with E-state index in [1.165, 1.54) is 0 Å². The van der Waals surface area contributed by atoms with Gasteiger partial charge in [0.25, 0.3) is 0 Å². The second kappa shape index (κ2) is 4.45. The summed E-state index contributed by atoms with van der Waals surface area (Å²) in [7, 11) is 0. The van der Waals surface area contributed by atoms with Crippen molar-refractivity contribution < 1.29 is 9.53 Å². The minimum absolute atomic E-state index is 0.0845. The van der Waals surface area contributed by atoms with Crippen LogP contribution in [0.25, 0.3) is 0 Å². The Bertz CT molecular complexity index is 234. The van der Waals surface area contributed by atoms with Crippen molar-refractivity contribution in [1.82, 2.24) is 15.4 Å². The van der Waals surface area contributed by atoms with Gasteiger partial charge in [-0.25, -0.2) is 0 Å². The van der Waals surface area contributed by atoms with E-state index in [1.807, 2.05) is 0 Å². The first-order valence-electron chi connectivity index (χ1n) is 3.54. The highest BCUT2D eigenvalue weighted by Crippen LogP contribution is 1.90. The van der Waals surface area contributed by atoms with Crippen LogP contribution in [0.5, 0.6) is 0 Å². The van der Waals surface area contributed by atoms with Crippen molar-refractivity contribution in [2.75, 3.05) is 13.2 Å². The van der Waals surface area contributed by atoms with E-state index in [1.54, 1.807) is 6.20 Å². The number of rotatable bonds is 4. The Morgan fingerprint density at radius 2 is 2.58 bits per heavy atom. The normalized spacial score (nSPS) is 9.75. The number of ether oxygens (including phenoxy) is 1. The molecular weight excluding hydrogens is 160 g/mol. The maximum Gasteiger partial charge on any atom is 0.319 e. The summed E-state index contributed by atoms with van der Waals surface area (Å²) in [5.41, 5.74) is 5.79. The molecule has 0 saturated heterocycles. The van der Waals surface area contributed by atoms with Gasteiger partial charge in [0.1, 0.15) is 0 Å². The highest BCUT2D eigenvalue weighted by molar-refractivity contribution is 5.71. The van der Waals surface area contributed by atoms with Crippen LogP contribution in [-0.4, -0.2) is 34.5 Å². The van der Waals surface area contributed by atoms with Crippen LogP contribution in [0.1, 0.15) is 5.69 Å². The Hall–Kier alpha value is -1.43. The van der Waals surface area contributed by atoms with Crippen LogP contribution in [-0.2, 0) is 16.0 Å². The van der Waals surface area contributed by atoms with Crippen LogP contribution in [0.4, 0.5) is 0 Å². The third kappa shape index (κ3) is 2.67. The Balaban J connectivity index is 2.15. The fourth-order valence-corrected chi connectivity index (χ4v) is 0.676. The van der Waals surface area contributed by atoms with Crippen molar-refractivity contribution in [3.05, 3.63) is 11.9 Å². The van der Waals surface area contributed by atoms with Gasteiger partial charge in [-0.3, -0.25) is 9.89 Å². The molecule has 0 saturated carbocycles. The smallest absolute Gasteiger partial charge is 0.319 e. The molecule has 0 aliphatic carbocycles. The van der Waals surface area contributed by atoms with E-state index >= 15 is 0 Å². The summed E-state index contributed by atoms with van der Waals surface area (Å²) in [4.78, 5) is 10.5. The number of hydrogen-bond donors (Lipinski definition) is 2. The van der Waals surface area contributed by atoms with Crippen molar-refractivity contribution in [1.29, 1.82) is 0 Å². The summed E-state index contributed by atoms with van der Waals surface area (Å²) >= 11 is 0. The summed E-state index contributed by atoms with van der Waals surface area (Å²) in [6, 6.07) is 0. The average Bonchev–Trinajstić information content (AvgIpc) is 2.57. The molecule has 0 aromatic carbocycles. The molecule has 0 fully saturated rings. The first-order chi connectivity index (χ1) is 5.83. The molecule has 0 spiro atoms. The average molecular weight is 170 g/mol. The molecule has 1 rings (SSSR count). The Kier molecular flexibility index (Phi) is 3.21. The van der Waals surface area contributed by atoms with E-state index in [4.69, 9.17) is 10.5 Å². The number of H-pyrrole nitrogens is 1. The summed E-state index contributed by atoms with van der Waals surface area (Å²) in [5.74, 6) is -0.404. The van der Waals surface area contributed by atoms with Crippen LogP contribution in [0.15, 0.2) is 6.20 Å². The number of nitrogens with one attached hydrogen (secondary N) is 1. The summed E-state index contributed by atoms with van der Waals surface area (Å²) in [5, 5.41) is 9.77. The monoisotopic (exact) mass is 170 g/mol. The first kappa shape index (κ1) is 8.66. The lowest BCUT2D eigenvalue weighted by Gasteiger charge is -1.99. The van der Waals surface area contributed by atoms with Crippen molar-refractivity contribution in [2.45, 2.75) is 6.42 Å². The summed E-state index contributed by atoms with van der Waals surface area (Å²) < 4.78 is 4.72. The number of aromatic amines is 1. The van der Waals surface area contributed by atoms with Crippen LogP contribution < -0.4 is 5.73 Å². The molecule has 0 amide bonds. The van der Waals surface area contributed by atoms with Crippen LogP contribution in [0, 0.1) is 0 Å². The van der Waals surface area contributed by atoms with Gasteiger partial charge in [0, 0.05) is 12.6 Å². The van der Waals surface area contributed by atoms with E-state index < -0.39 is 5.97 Å². The molecule has 0 bridgehead atoms. The Morgan fingerprint density at radius 1 is 1.75 bits per heavy atom. The number of nitrogens with two attached hydrogens (primary N) is 1. The van der Waals surface area contributed by atoms with Gasteiger partial charge in [-0.05, 0) is 0 Å². The Labute approximate surface area is 69.1 Å². The molecule has 0 aliphatic heterocycles. The quantitative estimate of drug-likeness (QED) is 0.556. The minimum Gasteiger partial charge on any atom is -0.464 e. The van der Waals surface area contributed by atoms with Gasteiger partial charge in [-0.15, -0.1) is 5.10 Å². The molecular formula is C6H10N4O2. The SMILES string of the molecule is NCC(=O)OCCc1c[nH]nn1. The molecule has 1 aromatic heterocycles. The van der Waals surface area contributed by atoms with Crippen LogP contribution >= 0.6 is 0 Å². The number of esters is 1. The number of hydrogen-bond acceptors (Lipinski definition) is 5.